The summed E-state index contributed by atoms with van der Waals surface area (Å²) in [5.41, 5.74) is 2.81. The molecule has 1 aromatic heterocycles. The molecular weight excluding hydrogens is 174 g/mol. The predicted molar refractivity (Wildman–Crippen MR) is 56.1 cm³/mol. The smallest absolute Gasteiger partial charge is 0.116 e. The molecule has 0 unspecified atom stereocenters. The van der Waals surface area contributed by atoms with Crippen LogP contribution < -0.4 is 0 Å². The van der Waals surface area contributed by atoms with Gasteiger partial charge in [-0.2, -0.15) is 0 Å². The molecule has 1 N–H and O–H groups in total. The second-order valence-corrected chi connectivity index (χ2v) is 3.21. The number of hydrogen-bond acceptors (Lipinski definition) is 2. The van der Waals surface area contributed by atoms with Gasteiger partial charge in [-0.3, -0.25) is 4.98 Å². The van der Waals surface area contributed by atoms with Gasteiger partial charge in [0, 0.05) is 11.3 Å². The minimum absolute atomic E-state index is 0.269. The Hall–Kier alpha value is -1.83. The first-order valence-electron chi connectivity index (χ1n) is 4.49. The fourth-order valence-electron chi connectivity index (χ4n) is 1.37. The third-order valence-electron chi connectivity index (χ3n) is 2.03. The Morgan fingerprint density at radius 1 is 1.07 bits per heavy atom. The van der Waals surface area contributed by atoms with Crippen LogP contribution in [0.1, 0.15) is 5.69 Å². The first kappa shape index (κ1) is 8.75. The molecule has 2 aromatic rings. The van der Waals surface area contributed by atoms with E-state index in [4.69, 9.17) is 0 Å². The van der Waals surface area contributed by atoms with Crippen molar-refractivity contribution in [1.29, 1.82) is 0 Å². The highest BCUT2D eigenvalue weighted by Crippen LogP contribution is 2.21. The van der Waals surface area contributed by atoms with Gasteiger partial charge in [0.15, 0.2) is 0 Å². The van der Waals surface area contributed by atoms with Gasteiger partial charge < -0.3 is 5.11 Å². The third-order valence-corrected chi connectivity index (χ3v) is 2.03. The number of aryl methyl sites for hydroxylation is 1. The summed E-state index contributed by atoms with van der Waals surface area (Å²) in [4.78, 5) is 4.37. The normalized spacial score (nSPS) is 10.1. The van der Waals surface area contributed by atoms with E-state index in [-0.39, 0.29) is 5.75 Å². The van der Waals surface area contributed by atoms with E-state index in [0.717, 1.165) is 17.0 Å². The number of pyridine rings is 1. The van der Waals surface area contributed by atoms with Crippen LogP contribution in [0.5, 0.6) is 5.75 Å². The van der Waals surface area contributed by atoms with E-state index in [9.17, 15) is 5.11 Å². The molecule has 0 amide bonds. The maximum absolute atomic E-state index is 9.32. The lowest BCUT2D eigenvalue weighted by Gasteiger charge is -2.01. The van der Waals surface area contributed by atoms with Crippen molar-refractivity contribution in [3.63, 3.8) is 0 Å². The zero-order chi connectivity index (χ0) is 9.97. The first-order chi connectivity index (χ1) is 6.75. The van der Waals surface area contributed by atoms with Gasteiger partial charge >= 0.3 is 0 Å². The zero-order valence-corrected chi connectivity index (χ0v) is 7.94. The van der Waals surface area contributed by atoms with Crippen molar-refractivity contribution >= 4 is 0 Å². The van der Waals surface area contributed by atoms with Gasteiger partial charge in [0.1, 0.15) is 5.75 Å². The van der Waals surface area contributed by atoms with Crippen LogP contribution in [0.3, 0.4) is 0 Å². The maximum Gasteiger partial charge on any atom is 0.116 e. The van der Waals surface area contributed by atoms with Crippen molar-refractivity contribution in [3.05, 3.63) is 48.2 Å². The Labute approximate surface area is 82.9 Å². The molecule has 1 heterocycles. The van der Waals surface area contributed by atoms with Gasteiger partial charge in [0.05, 0.1) is 5.69 Å². The summed E-state index contributed by atoms with van der Waals surface area (Å²) in [6, 6.07) is 13.0. The zero-order valence-electron chi connectivity index (χ0n) is 7.94. The van der Waals surface area contributed by atoms with Crippen LogP contribution in [-0.4, -0.2) is 10.1 Å². The average molecular weight is 185 g/mol. The minimum Gasteiger partial charge on any atom is -0.508 e. The van der Waals surface area contributed by atoms with Gasteiger partial charge in [-0.25, -0.2) is 0 Å². The highest BCUT2D eigenvalue weighted by Gasteiger charge is 1.99. The van der Waals surface area contributed by atoms with Gasteiger partial charge in [0.2, 0.25) is 0 Å². The maximum atomic E-state index is 9.32. The number of phenolic OH excluding ortho intramolecular Hbond substituents is 1. The summed E-state index contributed by atoms with van der Waals surface area (Å²) in [7, 11) is 0. The molecule has 0 fully saturated rings. The number of aromatic nitrogens is 1. The molecule has 0 saturated carbocycles. The van der Waals surface area contributed by atoms with Crippen LogP contribution >= 0.6 is 0 Å². The van der Waals surface area contributed by atoms with Crippen LogP contribution in [0.15, 0.2) is 42.5 Å². The van der Waals surface area contributed by atoms with E-state index in [1.54, 1.807) is 12.1 Å². The molecule has 0 aliphatic rings. The fraction of sp³-hybridized carbons (Fsp3) is 0.0833. The van der Waals surface area contributed by atoms with Gasteiger partial charge in [-0.1, -0.05) is 18.2 Å². The summed E-state index contributed by atoms with van der Waals surface area (Å²) >= 11 is 0. The molecular formula is C12H11NO. The molecule has 0 saturated heterocycles. The number of nitrogens with zero attached hydrogens (tertiary/aromatic N) is 1. The summed E-state index contributed by atoms with van der Waals surface area (Å²) in [6.45, 7) is 1.95. The van der Waals surface area contributed by atoms with Crippen LogP contribution in [-0.2, 0) is 0 Å². The van der Waals surface area contributed by atoms with Crippen LogP contribution in [0.25, 0.3) is 11.3 Å². The first-order valence-corrected chi connectivity index (χ1v) is 4.49. The number of benzene rings is 1. The van der Waals surface area contributed by atoms with Gasteiger partial charge in [-0.15, -0.1) is 0 Å². The Morgan fingerprint density at radius 3 is 2.57 bits per heavy atom. The van der Waals surface area contributed by atoms with E-state index < -0.39 is 0 Å². The molecule has 0 spiro atoms. The molecule has 2 nitrogen and oxygen atoms in total. The SMILES string of the molecule is Cc1cccc(-c2cccc(O)c2)n1. The number of aromatic hydroxyl groups is 1. The van der Waals surface area contributed by atoms with Crippen molar-refractivity contribution in [2.24, 2.45) is 0 Å². The van der Waals surface area contributed by atoms with Gasteiger partial charge in [0.25, 0.3) is 0 Å². The molecule has 0 radical (unpaired) electrons. The summed E-state index contributed by atoms with van der Waals surface area (Å²) in [5, 5.41) is 9.32. The highest BCUT2D eigenvalue weighted by atomic mass is 16.3. The minimum atomic E-state index is 0.269. The van der Waals surface area contributed by atoms with Crippen molar-refractivity contribution in [3.8, 4) is 17.0 Å². The largest absolute Gasteiger partial charge is 0.508 e. The van der Waals surface area contributed by atoms with E-state index in [2.05, 4.69) is 4.98 Å². The molecule has 2 rings (SSSR count). The van der Waals surface area contributed by atoms with Crippen LogP contribution in [0.4, 0.5) is 0 Å². The Kier molecular flexibility index (Phi) is 2.19. The quantitative estimate of drug-likeness (QED) is 0.741. The van der Waals surface area contributed by atoms with Crippen molar-refractivity contribution in [2.45, 2.75) is 6.92 Å². The molecule has 0 aliphatic heterocycles. The second-order valence-electron chi connectivity index (χ2n) is 3.21. The number of rotatable bonds is 1. The summed E-state index contributed by atoms with van der Waals surface area (Å²) in [6.07, 6.45) is 0. The van der Waals surface area contributed by atoms with E-state index >= 15 is 0 Å². The van der Waals surface area contributed by atoms with Crippen molar-refractivity contribution in [1.82, 2.24) is 4.98 Å². The van der Waals surface area contributed by atoms with E-state index in [1.165, 1.54) is 0 Å². The standard InChI is InChI=1S/C12H11NO/c1-9-4-2-7-12(13-9)10-5-3-6-11(14)8-10/h2-8,14H,1H3. The van der Waals surface area contributed by atoms with Crippen LogP contribution in [0.2, 0.25) is 0 Å². The average Bonchev–Trinajstić information content (AvgIpc) is 2.18. The molecule has 0 bridgehead atoms. The van der Waals surface area contributed by atoms with E-state index in [0.29, 0.717) is 0 Å². The second kappa shape index (κ2) is 3.50. The van der Waals surface area contributed by atoms with Crippen molar-refractivity contribution in [2.75, 3.05) is 0 Å². The lowest BCUT2D eigenvalue weighted by Crippen LogP contribution is -1.85. The Morgan fingerprint density at radius 2 is 1.86 bits per heavy atom. The topological polar surface area (TPSA) is 33.1 Å². The Bertz CT molecular complexity index is 408. The monoisotopic (exact) mass is 185 g/mol. The van der Waals surface area contributed by atoms with Crippen LogP contribution in [0, 0.1) is 6.92 Å². The van der Waals surface area contributed by atoms with Crippen molar-refractivity contribution < 1.29 is 5.11 Å². The molecule has 70 valence electrons. The van der Waals surface area contributed by atoms with E-state index in [1.807, 2.05) is 37.3 Å². The lowest BCUT2D eigenvalue weighted by atomic mass is 10.1. The summed E-state index contributed by atoms with van der Waals surface area (Å²) in [5.74, 6) is 0.269. The number of hydrogen-bond donors (Lipinski definition) is 1. The predicted octanol–water partition coefficient (Wildman–Crippen LogP) is 2.76. The van der Waals surface area contributed by atoms with Gasteiger partial charge in [-0.05, 0) is 31.2 Å². The molecule has 1 aromatic carbocycles. The summed E-state index contributed by atoms with van der Waals surface area (Å²) < 4.78 is 0. The fourth-order valence-corrected chi connectivity index (χ4v) is 1.37. The third kappa shape index (κ3) is 1.74. The lowest BCUT2D eigenvalue weighted by molar-refractivity contribution is 0.475. The number of phenols is 1. The molecule has 2 heteroatoms. The molecule has 14 heavy (non-hydrogen) atoms. The molecule has 0 aliphatic carbocycles. The Balaban J connectivity index is 2.49. The highest BCUT2D eigenvalue weighted by molar-refractivity contribution is 5.60. The molecule has 0 atom stereocenters.